The van der Waals surface area contributed by atoms with E-state index in [1.54, 1.807) is 47.4 Å². The molecule has 0 saturated heterocycles. The fourth-order valence-corrected chi connectivity index (χ4v) is 4.62. The number of carbonyl (C=O) groups is 2. The van der Waals surface area contributed by atoms with Gasteiger partial charge in [-0.3, -0.25) is 9.59 Å². The largest absolute Gasteiger partial charge is 0.507 e. The summed E-state index contributed by atoms with van der Waals surface area (Å²) in [5.41, 5.74) is 2.84. The van der Waals surface area contributed by atoms with Crippen molar-refractivity contribution < 1.29 is 14.7 Å². The minimum Gasteiger partial charge on any atom is -0.507 e. The molecule has 0 bridgehead atoms. The molecule has 0 fully saturated rings. The lowest BCUT2D eigenvalue weighted by atomic mass is 10.1. The number of hydrogen-bond acceptors (Lipinski definition) is 4. The minimum atomic E-state index is -0.392. The van der Waals surface area contributed by atoms with Gasteiger partial charge >= 0.3 is 0 Å². The first-order valence-corrected chi connectivity index (χ1v) is 13.2. The van der Waals surface area contributed by atoms with Crippen molar-refractivity contribution in [2.75, 3.05) is 18.4 Å². The Balaban J connectivity index is 1.58. The summed E-state index contributed by atoms with van der Waals surface area (Å²) in [7, 11) is 0. The standard InChI is InChI=1S/C29H30Cl2N4O3/c1-16(2)14-35(15-17(3)4)29(38)21-10-9-18(11-26(21)36)32-28(37)20-8-6-5-7-19(20)27-33-24-12-22(30)23(31)13-25(24)34-27/h5-13,16-17,36H,14-15H2,1-4H3,(H,32,37)(H,33,34). The van der Waals surface area contributed by atoms with Crippen LogP contribution in [-0.4, -0.2) is 44.9 Å². The molecule has 38 heavy (non-hydrogen) atoms. The molecule has 0 aliphatic carbocycles. The normalized spacial score (nSPS) is 11.4. The van der Waals surface area contributed by atoms with Crippen molar-refractivity contribution in [2.45, 2.75) is 27.7 Å². The van der Waals surface area contributed by atoms with E-state index in [4.69, 9.17) is 23.2 Å². The van der Waals surface area contributed by atoms with Gasteiger partial charge < -0.3 is 20.3 Å². The third-order valence-corrected chi connectivity index (χ3v) is 6.62. The molecular weight excluding hydrogens is 523 g/mol. The van der Waals surface area contributed by atoms with Gasteiger partial charge in [-0.25, -0.2) is 4.98 Å². The lowest BCUT2D eigenvalue weighted by Gasteiger charge is -2.26. The number of phenols is 1. The summed E-state index contributed by atoms with van der Waals surface area (Å²) in [6, 6.07) is 14.9. The van der Waals surface area contributed by atoms with E-state index in [-0.39, 0.29) is 17.2 Å². The van der Waals surface area contributed by atoms with E-state index >= 15 is 0 Å². The van der Waals surface area contributed by atoms with Crippen molar-refractivity contribution >= 4 is 51.7 Å². The number of aromatic amines is 1. The van der Waals surface area contributed by atoms with E-state index in [1.165, 1.54) is 6.07 Å². The molecule has 2 amide bonds. The lowest BCUT2D eigenvalue weighted by Crippen LogP contribution is -2.37. The second-order valence-electron chi connectivity index (χ2n) is 10.1. The van der Waals surface area contributed by atoms with Crippen molar-refractivity contribution in [3.8, 4) is 17.1 Å². The van der Waals surface area contributed by atoms with Gasteiger partial charge in [0.25, 0.3) is 11.8 Å². The number of H-pyrrole nitrogens is 1. The molecule has 3 N–H and O–H groups in total. The average Bonchev–Trinajstić information content (AvgIpc) is 3.25. The van der Waals surface area contributed by atoms with E-state index < -0.39 is 5.91 Å². The quantitative estimate of drug-likeness (QED) is 0.214. The van der Waals surface area contributed by atoms with Gasteiger partial charge in [0.15, 0.2) is 0 Å². The first-order valence-electron chi connectivity index (χ1n) is 12.4. The Labute approximate surface area is 231 Å². The highest BCUT2D eigenvalue weighted by Gasteiger charge is 2.22. The van der Waals surface area contributed by atoms with Crippen LogP contribution in [0.4, 0.5) is 5.69 Å². The number of aromatic nitrogens is 2. The maximum absolute atomic E-state index is 13.3. The van der Waals surface area contributed by atoms with Gasteiger partial charge in [-0.15, -0.1) is 0 Å². The van der Waals surface area contributed by atoms with E-state index in [1.807, 2.05) is 33.8 Å². The van der Waals surface area contributed by atoms with Crippen LogP contribution >= 0.6 is 23.2 Å². The van der Waals surface area contributed by atoms with Gasteiger partial charge in [-0.05, 0) is 42.2 Å². The predicted molar refractivity (Wildman–Crippen MR) is 153 cm³/mol. The van der Waals surface area contributed by atoms with Crippen molar-refractivity contribution in [1.29, 1.82) is 0 Å². The summed E-state index contributed by atoms with van der Waals surface area (Å²) >= 11 is 12.3. The molecule has 198 valence electrons. The number of phenolic OH excluding ortho intramolecular Hbond substituents is 1. The first-order chi connectivity index (χ1) is 18.0. The molecule has 0 saturated carbocycles. The van der Waals surface area contributed by atoms with Crippen LogP contribution in [0, 0.1) is 11.8 Å². The topological polar surface area (TPSA) is 98.3 Å². The van der Waals surface area contributed by atoms with E-state index in [2.05, 4.69) is 15.3 Å². The minimum absolute atomic E-state index is 0.190. The summed E-state index contributed by atoms with van der Waals surface area (Å²) in [6.45, 7) is 9.37. The molecule has 4 aromatic rings. The summed E-state index contributed by atoms with van der Waals surface area (Å²) in [5.74, 6) is 0.251. The Kier molecular flexibility index (Phi) is 8.29. The van der Waals surface area contributed by atoms with Crippen LogP contribution in [0.5, 0.6) is 5.75 Å². The molecular formula is C29H30Cl2N4O3. The highest BCUT2D eigenvalue weighted by Crippen LogP contribution is 2.31. The Morgan fingerprint density at radius 1 is 0.947 bits per heavy atom. The molecule has 9 heteroatoms. The van der Waals surface area contributed by atoms with Crippen LogP contribution in [0.3, 0.4) is 0 Å². The molecule has 0 spiro atoms. The molecule has 1 heterocycles. The predicted octanol–water partition coefficient (Wildman–Crippen LogP) is 7.25. The fraction of sp³-hybridized carbons (Fsp3) is 0.276. The summed E-state index contributed by atoms with van der Waals surface area (Å²) in [6.07, 6.45) is 0. The van der Waals surface area contributed by atoms with Crippen LogP contribution in [0.1, 0.15) is 48.4 Å². The number of benzene rings is 3. The second-order valence-corrected chi connectivity index (χ2v) is 10.9. The first kappa shape index (κ1) is 27.5. The fourth-order valence-electron chi connectivity index (χ4n) is 4.30. The van der Waals surface area contributed by atoms with Crippen LogP contribution < -0.4 is 5.32 Å². The number of fused-ring (bicyclic) bond motifs is 1. The zero-order chi connectivity index (χ0) is 27.6. The van der Waals surface area contributed by atoms with Gasteiger partial charge in [0.2, 0.25) is 0 Å². The highest BCUT2D eigenvalue weighted by molar-refractivity contribution is 6.42. The third kappa shape index (κ3) is 6.11. The van der Waals surface area contributed by atoms with Gasteiger partial charge in [-0.1, -0.05) is 69.1 Å². The lowest BCUT2D eigenvalue weighted by molar-refractivity contribution is 0.0712. The molecule has 0 radical (unpaired) electrons. The Morgan fingerprint density at radius 2 is 1.61 bits per heavy atom. The van der Waals surface area contributed by atoms with Gasteiger partial charge in [0.05, 0.1) is 32.2 Å². The Bertz CT molecular complexity index is 1450. The molecule has 0 atom stereocenters. The van der Waals surface area contributed by atoms with Crippen molar-refractivity contribution in [3.05, 3.63) is 75.8 Å². The molecule has 4 rings (SSSR count). The number of aromatic hydroxyl groups is 1. The molecule has 7 nitrogen and oxygen atoms in total. The van der Waals surface area contributed by atoms with Gasteiger partial charge in [-0.2, -0.15) is 0 Å². The number of halogens is 2. The monoisotopic (exact) mass is 552 g/mol. The summed E-state index contributed by atoms with van der Waals surface area (Å²) in [4.78, 5) is 35.9. The van der Waals surface area contributed by atoms with Crippen molar-refractivity contribution in [3.63, 3.8) is 0 Å². The molecule has 1 aromatic heterocycles. The summed E-state index contributed by atoms with van der Waals surface area (Å²) < 4.78 is 0. The third-order valence-electron chi connectivity index (χ3n) is 5.90. The number of nitrogens with zero attached hydrogens (tertiary/aromatic N) is 2. The second kappa shape index (κ2) is 11.5. The highest BCUT2D eigenvalue weighted by atomic mass is 35.5. The maximum Gasteiger partial charge on any atom is 0.257 e. The van der Waals surface area contributed by atoms with Gasteiger partial charge in [0, 0.05) is 30.4 Å². The zero-order valence-corrected chi connectivity index (χ0v) is 23.2. The smallest absolute Gasteiger partial charge is 0.257 e. The number of carbonyl (C=O) groups excluding carboxylic acids is 2. The van der Waals surface area contributed by atoms with E-state index in [9.17, 15) is 14.7 Å². The van der Waals surface area contributed by atoms with Crippen LogP contribution in [0.25, 0.3) is 22.4 Å². The van der Waals surface area contributed by atoms with E-state index in [0.29, 0.717) is 68.6 Å². The van der Waals surface area contributed by atoms with Crippen LogP contribution in [-0.2, 0) is 0 Å². The number of amides is 2. The number of hydrogen-bond donors (Lipinski definition) is 3. The number of anilines is 1. The van der Waals surface area contributed by atoms with Gasteiger partial charge in [0.1, 0.15) is 11.6 Å². The Hall–Kier alpha value is -3.55. The van der Waals surface area contributed by atoms with Crippen LogP contribution in [0.2, 0.25) is 10.0 Å². The van der Waals surface area contributed by atoms with E-state index in [0.717, 1.165) is 0 Å². The molecule has 0 aliphatic heterocycles. The number of imidazole rings is 1. The summed E-state index contributed by atoms with van der Waals surface area (Å²) in [5, 5.41) is 14.3. The zero-order valence-electron chi connectivity index (χ0n) is 21.7. The Morgan fingerprint density at radius 3 is 2.26 bits per heavy atom. The van der Waals surface area contributed by atoms with Crippen LogP contribution in [0.15, 0.2) is 54.6 Å². The number of rotatable bonds is 8. The molecule has 0 unspecified atom stereocenters. The number of nitrogens with one attached hydrogen (secondary N) is 2. The van der Waals surface area contributed by atoms with Crippen molar-refractivity contribution in [1.82, 2.24) is 14.9 Å². The molecule has 0 aliphatic rings. The SMILES string of the molecule is CC(C)CN(CC(C)C)C(=O)c1ccc(NC(=O)c2ccccc2-c2nc3cc(Cl)c(Cl)cc3[nH]2)cc1O. The average molecular weight is 553 g/mol. The van der Waals surface area contributed by atoms with Crippen molar-refractivity contribution in [2.24, 2.45) is 11.8 Å². The maximum atomic E-state index is 13.3. The molecule has 3 aromatic carbocycles.